The minimum absolute atomic E-state index is 0.0829. The van der Waals surface area contributed by atoms with Crippen molar-refractivity contribution in [2.75, 3.05) is 19.3 Å². The molecule has 1 N–H and O–H groups in total. The van der Waals surface area contributed by atoms with Crippen molar-refractivity contribution in [3.05, 3.63) is 12.7 Å². The van der Waals surface area contributed by atoms with Crippen molar-refractivity contribution in [1.82, 2.24) is 9.80 Å². The van der Waals surface area contributed by atoms with Crippen LogP contribution in [0, 0.1) is 0 Å². The summed E-state index contributed by atoms with van der Waals surface area (Å²) in [6, 6.07) is -0.914. The number of allylic oxidation sites excluding steroid dienone is 1. The summed E-state index contributed by atoms with van der Waals surface area (Å²) in [5.41, 5.74) is 0. The fraction of sp³-hybridized carbons (Fsp3) is 0.667. The van der Waals surface area contributed by atoms with Gasteiger partial charge in [-0.1, -0.05) is 6.08 Å². The zero-order chi connectivity index (χ0) is 13.7. The lowest BCUT2D eigenvalue weighted by molar-refractivity contribution is -0.141. The van der Waals surface area contributed by atoms with Crippen LogP contribution in [-0.4, -0.2) is 57.7 Å². The van der Waals surface area contributed by atoms with Crippen LogP contribution in [0.5, 0.6) is 0 Å². The van der Waals surface area contributed by atoms with E-state index in [0.29, 0.717) is 12.3 Å². The summed E-state index contributed by atoms with van der Waals surface area (Å²) in [6.45, 7) is 6.11. The van der Waals surface area contributed by atoms with Gasteiger partial charge in [0.1, 0.15) is 6.04 Å². The van der Waals surface area contributed by atoms with Gasteiger partial charge in [0.2, 0.25) is 0 Å². The van der Waals surface area contributed by atoms with Crippen molar-refractivity contribution in [3.8, 4) is 0 Å². The molecule has 0 radical (unpaired) electrons. The zero-order valence-corrected chi connectivity index (χ0v) is 11.7. The van der Waals surface area contributed by atoms with E-state index in [1.165, 1.54) is 16.7 Å². The number of carboxylic acid groups (broad SMARTS) is 1. The van der Waals surface area contributed by atoms with Crippen molar-refractivity contribution in [1.29, 1.82) is 0 Å². The van der Waals surface area contributed by atoms with E-state index in [0.717, 1.165) is 12.8 Å². The maximum Gasteiger partial charge on any atom is 0.327 e. The molecule has 1 aliphatic heterocycles. The van der Waals surface area contributed by atoms with E-state index in [1.54, 1.807) is 11.9 Å². The van der Waals surface area contributed by atoms with Gasteiger partial charge in [0.05, 0.1) is 5.37 Å². The summed E-state index contributed by atoms with van der Waals surface area (Å²) in [4.78, 5) is 26.4. The molecule has 1 heterocycles. The molecule has 2 amide bonds. The normalized spacial score (nSPS) is 22.9. The van der Waals surface area contributed by atoms with Gasteiger partial charge in [0, 0.05) is 19.3 Å². The summed E-state index contributed by atoms with van der Waals surface area (Å²) < 4.78 is 0. The highest BCUT2D eigenvalue weighted by atomic mass is 32.2. The van der Waals surface area contributed by atoms with E-state index in [4.69, 9.17) is 5.11 Å². The molecule has 1 aliphatic rings. The van der Waals surface area contributed by atoms with Crippen molar-refractivity contribution in [2.24, 2.45) is 0 Å². The molecule has 0 spiro atoms. The third-order valence-electron chi connectivity index (χ3n) is 2.96. The number of carboxylic acids is 1. The van der Waals surface area contributed by atoms with Crippen molar-refractivity contribution < 1.29 is 14.7 Å². The zero-order valence-electron chi connectivity index (χ0n) is 10.8. The van der Waals surface area contributed by atoms with Crippen LogP contribution in [0.4, 0.5) is 4.79 Å². The standard InChI is InChI=1S/C12H20N2O3S/c1-4-5-6-7-13(3)12(17)14-9(2)18-8-10(14)11(15)16/h4,9-10H,1,5-8H2,2-3H3,(H,15,16). The Hall–Kier alpha value is -1.17. The van der Waals surface area contributed by atoms with E-state index in [1.807, 2.05) is 13.0 Å². The topological polar surface area (TPSA) is 60.9 Å². The highest BCUT2D eigenvalue weighted by molar-refractivity contribution is 8.00. The number of carbonyl (C=O) groups excluding carboxylic acids is 1. The van der Waals surface area contributed by atoms with Gasteiger partial charge in [-0.15, -0.1) is 18.3 Å². The Balaban J connectivity index is 2.62. The minimum atomic E-state index is -0.931. The molecule has 0 aromatic carbocycles. The first-order valence-corrected chi connectivity index (χ1v) is 7.02. The van der Waals surface area contributed by atoms with Gasteiger partial charge in [0.15, 0.2) is 0 Å². The molecule has 2 unspecified atom stereocenters. The first-order valence-electron chi connectivity index (χ1n) is 5.97. The molecule has 0 bridgehead atoms. The summed E-state index contributed by atoms with van der Waals surface area (Å²) in [7, 11) is 1.71. The Morgan fingerprint density at radius 3 is 2.83 bits per heavy atom. The van der Waals surface area contributed by atoms with Crippen LogP contribution in [0.2, 0.25) is 0 Å². The van der Waals surface area contributed by atoms with Crippen molar-refractivity contribution in [3.63, 3.8) is 0 Å². The Morgan fingerprint density at radius 1 is 1.61 bits per heavy atom. The van der Waals surface area contributed by atoms with Gasteiger partial charge < -0.3 is 10.0 Å². The van der Waals surface area contributed by atoms with Crippen molar-refractivity contribution in [2.45, 2.75) is 31.2 Å². The third kappa shape index (κ3) is 3.41. The van der Waals surface area contributed by atoms with E-state index in [-0.39, 0.29) is 11.4 Å². The van der Waals surface area contributed by atoms with E-state index < -0.39 is 12.0 Å². The minimum Gasteiger partial charge on any atom is -0.480 e. The summed E-state index contributed by atoms with van der Waals surface area (Å²) >= 11 is 1.50. The highest BCUT2D eigenvalue weighted by Gasteiger charge is 2.40. The van der Waals surface area contributed by atoms with Crippen LogP contribution >= 0.6 is 11.8 Å². The summed E-state index contributed by atoms with van der Waals surface area (Å²) in [5.74, 6) is -0.470. The second-order valence-electron chi connectivity index (χ2n) is 4.33. The molecule has 5 nitrogen and oxygen atoms in total. The van der Waals surface area contributed by atoms with Gasteiger partial charge in [-0.3, -0.25) is 4.90 Å². The lowest BCUT2D eigenvalue weighted by Gasteiger charge is -2.30. The molecule has 0 saturated carbocycles. The van der Waals surface area contributed by atoms with Gasteiger partial charge in [-0.05, 0) is 19.8 Å². The first kappa shape index (κ1) is 14.9. The monoisotopic (exact) mass is 272 g/mol. The van der Waals surface area contributed by atoms with Crippen LogP contribution in [-0.2, 0) is 4.79 Å². The third-order valence-corrected chi connectivity index (χ3v) is 4.17. The molecule has 1 rings (SSSR count). The average molecular weight is 272 g/mol. The highest BCUT2D eigenvalue weighted by Crippen LogP contribution is 2.29. The second kappa shape index (κ2) is 6.68. The molecule has 0 aromatic heterocycles. The lowest BCUT2D eigenvalue weighted by Crippen LogP contribution is -2.50. The molecule has 6 heteroatoms. The number of aliphatic carboxylic acids is 1. The molecule has 102 valence electrons. The maximum absolute atomic E-state index is 12.2. The van der Waals surface area contributed by atoms with E-state index >= 15 is 0 Å². The molecule has 1 fully saturated rings. The van der Waals surface area contributed by atoms with Gasteiger partial charge in [-0.25, -0.2) is 9.59 Å². The first-order chi connectivity index (χ1) is 8.49. The molecule has 0 aromatic rings. The van der Waals surface area contributed by atoms with E-state index in [9.17, 15) is 9.59 Å². The molecular weight excluding hydrogens is 252 g/mol. The fourth-order valence-electron chi connectivity index (χ4n) is 1.89. The van der Waals surface area contributed by atoms with Crippen LogP contribution in [0.1, 0.15) is 19.8 Å². The van der Waals surface area contributed by atoms with E-state index in [2.05, 4.69) is 6.58 Å². The SMILES string of the molecule is C=CCCCN(C)C(=O)N1C(C)SCC1C(=O)O. The van der Waals surface area contributed by atoms with Gasteiger partial charge >= 0.3 is 12.0 Å². The molecule has 0 aliphatic carbocycles. The number of hydrogen-bond donors (Lipinski definition) is 1. The van der Waals surface area contributed by atoms with Crippen molar-refractivity contribution >= 4 is 23.8 Å². The van der Waals surface area contributed by atoms with Crippen LogP contribution in [0.25, 0.3) is 0 Å². The second-order valence-corrected chi connectivity index (χ2v) is 5.68. The largest absolute Gasteiger partial charge is 0.480 e. The van der Waals surface area contributed by atoms with Crippen LogP contribution in [0.15, 0.2) is 12.7 Å². The summed E-state index contributed by atoms with van der Waals surface area (Å²) in [5, 5.41) is 9.02. The number of unbranched alkanes of at least 4 members (excludes halogenated alkanes) is 1. The Labute approximate surface area is 112 Å². The summed E-state index contributed by atoms with van der Waals surface area (Å²) in [6.07, 6.45) is 3.51. The number of thioether (sulfide) groups is 1. The predicted octanol–water partition coefficient (Wildman–Crippen LogP) is 1.85. The molecule has 1 saturated heterocycles. The van der Waals surface area contributed by atoms with Crippen LogP contribution in [0.3, 0.4) is 0 Å². The fourth-order valence-corrected chi connectivity index (χ4v) is 3.05. The van der Waals surface area contributed by atoms with Gasteiger partial charge in [0.25, 0.3) is 0 Å². The van der Waals surface area contributed by atoms with Gasteiger partial charge in [-0.2, -0.15) is 0 Å². The number of urea groups is 1. The van der Waals surface area contributed by atoms with Crippen LogP contribution < -0.4 is 0 Å². The number of hydrogen-bond acceptors (Lipinski definition) is 3. The number of amides is 2. The number of nitrogens with zero attached hydrogens (tertiary/aromatic N) is 2. The molecule has 2 atom stereocenters. The Kier molecular flexibility index (Phi) is 5.53. The quantitative estimate of drug-likeness (QED) is 0.613. The average Bonchev–Trinajstić information content (AvgIpc) is 2.70. The Bertz CT molecular complexity index is 335. The molecule has 18 heavy (non-hydrogen) atoms. The smallest absolute Gasteiger partial charge is 0.327 e. The Morgan fingerprint density at radius 2 is 2.28 bits per heavy atom. The number of rotatable bonds is 5. The lowest BCUT2D eigenvalue weighted by atomic mass is 10.3. The maximum atomic E-state index is 12.2. The predicted molar refractivity (Wildman–Crippen MR) is 72.6 cm³/mol. The number of carbonyl (C=O) groups is 2. The molecular formula is C12H20N2O3S.